The van der Waals surface area contributed by atoms with E-state index in [0.717, 1.165) is 6.54 Å². The second kappa shape index (κ2) is 7.42. The van der Waals surface area contributed by atoms with Gasteiger partial charge in [-0.2, -0.15) is 0 Å². The third-order valence-corrected chi connectivity index (χ3v) is 32.7. The summed E-state index contributed by atoms with van der Waals surface area (Å²) in [5, 5.41) is 0. The molecule has 0 spiro atoms. The molecule has 2 saturated heterocycles. The Morgan fingerprint density at radius 1 is 1.21 bits per heavy atom. The van der Waals surface area contributed by atoms with Gasteiger partial charge in [-0.25, -0.2) is 0 Å². The summed E-state index contributed by atoms with van der Waals surface area (Å²) in [4.78, 5) is 0. The number of hydrogen-bond donors (Lipinski definition) is 1. The minimum atomic E-state index is -1.63. The van der Waals surface area contributed by atoms with Crippen LogP contribution in [0.1, 0.15) is 0 Å². The minimum absolute atomic E-state index is 0. The normalized spacial score (nSPS) is 23.8. The molecule has 0 bridgehead atoms. The van der Waals surface area contributed by atoms with Crippen LogP contribution in [0.3, 0.4) is 0 Å². The quantitative estimate of drug-likeness (QED) is 0.779. The molecule has 86 valence electrons. The summed E-state index contributed by atoms with van der Waals surface area (Å²) in [5.41, 5.74) is 5.56. The molecule has 2 fully saturated rings. The average molecular weight is 356 g/mol. The van der Waals surface area contributed by atoms with Gasteiger partial charge in [0.05, 0.1) is 0 Å². The monoisotopic (exact) mass is 356 g/mol. The molecule has 14 heavy (non-hydrogen) atoms. The maximum absolute atomic E-state index is 5.56. The van der Waals surface area contributed by atoms with Crippen molar-refractivity contribution in [3.05, 3.63) is 0 Å². The molecule has 0 radical (unpaired) electrons. The molecule has 2 aliphatic heterocycles. The molecular formula is C6H16Cl2GeN2S3. The van der Waals surface area contributed by atoms with Gasteiger partial charge in [-0.1, -0.05) is 0 Å². The Balaban J connectivity index is 0.000000845. The van der Waals surface area contributed by atoms with Crippen LogP contribution in [-0.4, -0.2) is 50.8 Å². The fourth-order valence-corrected chi connectivity index (χ4v) is 32.5. The van der Waals surface area contributed by atoms with E-state index in [-0.39, 0.29) is 24.8 Å². The molecule has 8 heteroatoms. The van der Waals surface area contributed by atoms with E-state index >= 15 is 0 Å². The van der Waals surface area contributed by atoms with Gasteiger partial charge in [-0.15, -0.1) is 24.8 Å². The van der Waals surface area contributed by atoms with Crippen LogP contribution in [0.4, 0.5) is 0 Å². The zero-order valence-corrected chi connectivity index (χ0v) is 14.0. The standard InChI is InChI=1S/C6H14GeN2S3.2ClH/c8-1-4-10-7-9(2-5-11-7)3-6-12-7;;/h1-6,8H2;2*1H. The van der Waals surface area contributed by atoms with Crippen molar-refractivity contribution in [2.75, 3.05) is 36.9 Å². The molecule has 0 aliphatic carbocycles. The van der Waals surface area contributed by atoms with Crippen LogP contribution in [0.2, 0.25) is 0 Å². The van der Waals surface area contributed by atoms with Gasteiger partial charge >= 0.3 is 86.8 Å². The van der Waals surface area contributed by atoms with Crippen LogP contribution in [0, 0.1) is 0 Å². The number of rotatable bonds is 3. The SMILES string of the molecule is Cl.Cl.NCC[S][Ge]12[S]CC[N]1CC[S]2. The van der Waals surface area contributed by atoms with Crippen molar-refractivity contribution < 1.29 is 0 Å². The molecule has 0 amide bonds. The molecule has 2 heterocycles. The summed E-state index contributed by atoms with van der Waals surface area (Å²) in [6.45, 7) is 3.57. The molecule has 0 unspecified atom stereocenters. The Morgan fingerprint density at radius 2 is 1.79 bits per heavy atom. The van der Waals surface area contributed by atoms with Crippen molar-refractivity contribution in [1.29, 1.82) is 0 Å². The molecule has 2 rings (SSSR count). The summed E-state index contributed by atoms with van der Waals surface area (Å²) in [5.74, 6) is 3.94. The van der Waals surface area contributed by atoms with E-state index in [1.54, 1.807) is 0 Å². The Morgan fingerprint density at radius 3 is 2.29 bits per heavy atom. The van der Waals surface area contributed by atoms with E-state index in [2.05, 4.69) is 34.1 Å². The Bertz CT molecular complexity index is 167. The first-order chi connectivity index (χ1) is 5.87. The molecule has 0 aromatic rings. The van der Waals surface area contributed by atoms with Crippen LogP contribution >= 0.6 is 55.1 Å². The van der Waals surface area contributed by atoms with Crippen molar-refractivity contribution in [2.45, 2.75) is 0 Å². The summed E-state index contributed by atoms with van der Waals surface area (Å²) in [6, 6.07) is 0. The van der Waals surface area contributed by atoms with Gasteiger partial charge < -0.3 is 0 Å². The summed E-state index contributed by atoms with van der Waals surface area (Å²) < 4.78 is 2.79. The summed E-state index contributed by atoms with van der Waals surface area (Å²) in [6.07, 6.45) is 0. The van der Waals surface area contributed by atoms with Gasteiger partial charge in [0.2, 0.25) is 0 Å². The molecule has 2 nitrogen and oxygen atoms in total. The van der Waals surface area contributed by atoms with E-state index < -0.39 is 10.1 Å². The zero-order valence-electron chi connectivity index (χ0n) is 7.81. The number of hydrogen-bond acceptors (Lipinski definition) is 5. The van der Waals surface area contributed by atoms with Crippen LogP contribution in [0.25, 0.3) is 0 Å². The van der Waals surface area contributed by atoms with Gasteiger partial charge in [-0.05, 0) is 0 Å². The molecule has 0 aromatic heterocycles. The van der Waals surface area contributed by atoms with Crippen molar-refractivity contribution in [3.63, 3.8) is 0 Å². The third-order valence-electron chi connectivity index (χ3n) is 2.08. The third kappa shape index (κ3) is 3.29. The number of nitrogens with two attached hydrogens (primary N) is 1. The van der Waals surface area contributed by atoms with Gasteiger partial charge in [0.1, 0.15) is 0 Å². The molecule has 0 saturated carbocycles. The first kappa shape index (κ1) is 16.1. The Kier molecular flexibility index (Phi) is 8.53. The molecular weight excluding hydrogens is 340 g/mol. The average Bonchev–Trinajstić information content (AvgIpc) is 2.58. The number of fused-ring (bicyclic) bond motifs is 1. The Labute approximate surface area is 111 Å². The van der Waals surface area contributed by atoms with Crippen LogP contribution < -0.4 is 5.73 Å². The van der Waals surface area contributed by atoms with Gasteiger partial charge in [0, 0.05) is 0 Å². The van der Waals surface area contributed by atoms with E-state index in [4.69, 9.17) is 5.73 Å². The predicted octanol–water partition coefficient (Wildman–Crippen LogP) is 1.75. The fourth-order valence-electron chi connectivity index (χ4n) is 1.54. The van der Waals surface area contributed by atoms with Crippen molar-refractivity contribution >= 4 is 65.1 Å². The van der Waals surface area contributed by atoms with Crippen LogP contribution in [0.5, 0.6) is 0 Å². The summed E-state index contributed by atoms with van der Waals surface area (Å²) >= 11 is 0. The predicted molar refractivity (Wildman–Crippen MR) is 78.3 cm³/mol. The zero-order chi connectivity index (χ0) is 8.44. The number of nitrogens with zero attached hydrogens (tertiary/aromatic N) is 1. The van der Waals surface area contributed by atoms with Gasteiger partial charge in [0.15, 0.2) is 0 Å². The first-order valence-electron chi connectivity index (χ1n) is 4.24. The van der Waals surface area contributed by atoms with Crippen molar-refractivity contribution in [3.8, 4) is 0 Å². The van der Waals surface area contributed by atoms with E-state index in [0.29, 0.717) is 0 Å². The molecule has 0 aromatic carbocycles. The van der Waals surface area contributed by atoms with Crippen LogP contribution in [0.15, 0.2) is 0 Å². The van der Waals surface area contributed by atoms with Crippen molar-refractivity contribution in [1.82, 2.24) is 3.86 Å². The Hall–Kier alpha value is 2.09. The second-order valence-corrected chi connectivity index (χ2v) is 27.2. The first-order valence-corrected chi connectivity index (χ1v) is 15.8. The van der Waals surface area contributed by atoms with Gasteiger partial charge in [-0.3, -0.25) is 0 Å². The number of halogens is 2. The fraction of sp³-hybridized carbons (Fsp3) is 1.00. The topological polar surface area (TPSA) is 29.3 Å². The van der Waals surface area contributed by atoms with E-state index in [9.17, 15) is 0 Å². The van der Waals surface area contributed by atoms with E-state index in [1.807, 2.05) is 0 Å². The molecule has 0 atom stereocenters. The maximum atomic E-state index is 5.56. The summed E-state index contributed by atoms with van der Waals surface area (Å²) in [7, 11) is 5.15. The van der Waals surface area contributed by atoms with Gasteiger partial charge in [0.25, 0.3) is 0 Å². The van der Waals surface area contributed by atoms with E-state index in [1.165, 1.54) is 30.3 Å². The van der Waals surface area contributed by atoms with Crippen molar-refractivity contribution in [2.24, 2.45) is 5.73 Å². The molecule has 2 N–H and O–H groups in total. The second-order valence-electron chi connectivity index (χ2n) is 2.84. The van der Waals surface area contributed by atoms with Crippen LogP contribution in [-0.2, 0) is 0 Å². The molecule has 2 aliphatic rings.